The molecule has 1 rings (SSSR count). The lowest BCUT2D eigenvalue weighted by atomic mass is 10.0. The number of nitrogens with zero attached hydrogens (tertiary/aromatic N) is 1. The number of halogens is 1. The van der Waals surface area contributed by atoms with Gasteiger partial charge in [0.05, 0.1) is 5.92 Å². The third kappa shape index (κ3) is 4.13. The first-order valence-electron chi connectivity index (χ1n) is 5.67. The van der Waals surface area contributed by atoms with E-state index in [4.69, 9.17) is 5.73 Å². The van der Waals surface area contributed by atoms with Crippen LogP contribution in [0.3, 0.4) is 0 Å². The van der Waals surface area contributed by atoms with Crippen molar-refractivity contribution in [2.75, 3.05) is 7.05 Å². The molecule has 2 unspecified atom stereocenters. The smallest absolute Gasteiger partial charge is 0.226 e. The minimum Gasteiger partial charge on any atom is -0.341 e. The molecule has 0 fully saturated rings. The van der Waals surface area contributed by atoms with Gasteiger partial charge in [-0.15, -0.1) is 0 Å². The third-order valence-corrected chi connectivity index (χ3v) is 3.36. The molecule has 0 radical (unpaired) electrons. The Morgan fingerprint density at radius 1 is 1.47 bits per heavy atom. The van der Waals surface area contributed by atoms with E-state index in [0.717, 1.165) is 10.0 Å². The second-order valence-electron chi connectivity index (χ2n) is 4.47. The number of carbonyl (C=O) groups is 1. The molecule has 0 saturated carbocycles. The largest absolute Gasteiger partial charge is 0.341 e. The van der Waals surface area contributed by atoms with Gasteiger partial charge in [-0.3, -0.25) is 4.79 Å². The Morgan fingerprint density at radius 3 is 2.65 bits per heavy atom. The molecule has 0 aliphatic heterocycles. The average molecular weight is 299 g/mol. The van der Waals surface area contributed by atoms with Gasteiger partial charge in [-0.25, -0.2) is 0 Å². The fourth-order valence-electron chi connectivity index (χ4n) is 1.56. The van der Waals surface area contributed by atoms with Gasteiger partial charge in [-0.1, -0.05) is 35.0 Å². The summed E-state index contributed by atoms with van der Waals surface area (Å²) < 4.78 is 1.02. The van der Waals surface area contributed by atoms with Gasteiger partial charge in [0.25, 0.3) is 0 Å². The fraction of sp³-hybridized carbons (Fsp3) is 0.462. The van der Waals surface area contributed by atoms with E-state index in [9.17, 15) is 4.79 Å². The molecule has 3 nitrogen and oxygen atoms in total. The first kappa shape index (κ1) is 14.2. The molecule has 0 aliphatic rings. The highest BCUT2D eigenvalue weighted by Crippen LogP contribution is 2.14. The zero-order valence-electron chi connectivity index (χ0n) is 10.5. The van der Waals surface area contributed by atoms with Crippen molar-refractivity contribution in [3.8, 4) is 0 Å². The minimum atomic E-state index is -0.146. The summed E-state index contributed by atoms with van der Waals surface area (Å²) in [5, 5.41) is 0. The Balaban J connectivity index is 2.66. The van der Waals surface area contributed by atoms with E-state index >= 15 is 0 Å². The number of amides is 1. The van der Waals surface area contributed by atoms with Crippen LogP contribution in [0.15, 0.2) is 28.7 Å². The number of hydrogen-bond donors (Lipinski definition) is 1. The van der Waals surface area contributed by atoms with E-state index in [1.54, 1.807) is 4.90 Å². The van der Waals surface area contributed by atoms with Crippen molar-refractivity contribution in [3.05, 3.63) is 34.3 Å². The highest BCUT2D eigenvalue weighted by Gasteiger charge is 2.20. The number of nitrogens with two attached hydrogens (primary N) is 1. The summed E-state index contributed by atoms with van der Waals surface area (Å²) in [6.07, 6.45) is 0. The monoisotopic (exact) mass is 298 g/mol. The SMILES string of the molecule is CC(N)C(C)C(=O)N(C)Cc1cccc(Br)c1. The molecule has 4 heteroatoms. The van der Waals surface area contributed by atoms with Crippen molar-refractivity contribution in [1.29, 1.82) is 0 Å². The van der Waals surface area contributed by atoms with Gasteiger partial charge in [-0.2, -0.15) is 0 Å². The first-order chi connectivity index (χ1) is 7.91. The highest BCUT2D eigenvalue weighted by atomic mass is 79.9. The second-order valence-corrected chi connectivity index (χ2v) is 5.39. The molecule has 1 aromatic carbocycles. The van der Waals surface area contributed by atoms with Crippen molar-refractivity contribution in [2.24, 2.45) is 11.7 Å². The summed E-state index contributed by atoms with van der Waals surface area (Å²) in [6.45, 7) is 4.33. The predicted octanol–water partition coefficient (Wildman–Crippen LogP) is 2.39. The Bertz CT molecular complexity index is 393. The van der Waals surface area contributed by atoms with Crippen LogP contribution in [0.25, 0.3) is 0 Å². The summed E-state index contributed by atoms with van der Waals surface area (Å²) >= 11 is 3.42. The summed E-state index contributed by atoms with van der Waals surface area (Å²) in [6, 6.07) is 7.83. The molecule has 0 aliphatic carbocycles. The van der Waals surface area contributed by atoms with Crippen molar-refractivity contribution in [2.45, 2.75) is 26.4 Å². The van der Waals surface area contributed by atoms with Gasteiger partial charge in [-0.05, 0) is 24.6 Å². The lowest BCUT2D eigenvalue weighted by Crippen LogP contribution is -2.39. The van der Waals surface area contributed by atoms with Crippen LogP contribution in [0, 0.1) is 5.92 Å². The van der Waals surface area contributed by atoms with Crippen molar-refractivity contribution in [1.82, 2.24) is 4.90 Å². The van der Waals surface area contributed by atoms with Crippen LogP contribution < -0.4 is 5.73 Å². The van der Waals surface area contributed by atoms with Crippen molar-refractivity contribution < 1.29 is 4.79 Å². The van der Waals surface area contributed by atoms with Crippen molar-refractivity contribution in [3.63, 3.8) is 0 Å². The maximum absolute atomic E-state index is 12.0. The Hall–Kier alpha value is -0.870. The molecule has 2 atom stereocenters. The normalized spacial score (nSPS) is 14.2. The van der Waals surface area contributed by atoms with E-state index in [-0.39, 0.29) is 17.9 Å². The highest BCUT2D eigenvalue weighted by molar-refractivity contribution is 9.10. The molecule has 0 bridgehead atoms. The molecular formula is C13H19BrN2O. The Labute approximate surface area is 111 Å². The van der Waals surface area contributed by atoms with E-state index in [2.05, 4.69) is 15.9 Å². The molecule has 0 aromatic heterocycles. The molecule has 0 heterocycles. The van der Waals surface area contributed by atoms with Crippen LogP contribution in [0.2, 0.25) is 0 Å². The maximum Gasteiger partial charge on any atom is 0.226 e. The van der Waals surface area contributed by atoms with Gasteiger partial charge in [0, 0.05) is 24.1 Å². The number of rotatable bonds is 4. The van der Waals surface area contributed by atoms with Gasteiger partial charge >= 0.3 is 0 Å². The summed E-state index contributed by atoms with van der Waals surface area (Å²) in [7, 11) is 1.81. The van der Waals surface area contributed by atoms with Crippen LogP contribution >= 0.6 is 15.9 Å². The zero-order valence-corrected chi connectivity index (χ0v) is 12.1. The quantitative estimate of drug-likeness (QED) is 0.928. The maximum atomic E-state index is 12.0. The number of carbonyl (C=O) groups excluding carboxylic acids is 1. The van der Waals surface area contributed by atoms with Crippen LogP contribution in [-0.4, -0.2) is 23.9 Å². The third-order valence-electron chi connectivity index (χ3n) is 2.86. The Morgan fingerprint density at radius 2 is 2.12 bits per heavy atom. The fourth-order valence-corrected chi connectivity index (χ4v) is 2.01. The second kappa shape index (κ2) is 6.17. The van der Waals surface area contributed by atoms with Gasteiger partial charge in [0.2, 0.25) is 5.91 Å². The Kier molecular flexibility index (Phi) is 5.15. The van der Waals surface area contributed by atoms with E-state index in [1.807, 2.05) is 45.2 Å². The van der Waals surface area contributed by atoms with Crippen LogP contribution in [0.1, 0.15) is 19.4 Å². The zero-order chi connectivity index (χ0) is 13.0. The number of hydrogen-bond acceptors (Lipinski definition) is 2. The molecule has 17 heavy (non-hydrogen) atoms. The molecular weight excluding hydrogens is 280 g/mol. The van der Waals surface area contributed by atoms with Crippen LogP contribution in [0.5, 0.6) is 0 Å². The molecule has 2 N–H and O–H groups in total. The standard InChI is InChI=1S/C13H19BrN2O/c1-9(10(2)15)13(17)16(3)8-11-5-4-6-12(14)7-11/h4-7,9-10H,8,15H2,1-3H3. The average Bonchev–Trinajstić information content (AvgIpc) is 2.26. The van der Waals surface area contributed by atoms with E-state index in [0.29, 0.717) is 6.54 Å². The molecule has 1 aromatic rings. The number of benzene rings is 1. The summed E-state index contributed by atoms with van der Waals surface area (Å²) in [4.78, 5) is 13.7. The predicted molar refractivity (Wildman–Crippen MR) is 73.4 cm³/mol. The van der Waals surface area contributed by atoms with Crippen molar-refractivity contribution >= 4 is 21.8 Å². The van der Waals surface area contributed by atoms with Gasteiger partial charge in [0.15, 0.2) is 0 Å². The van der Waals surface area contributed by atoms with Gasteiger partial charge < -0.3 is 10.6 Å². The van der Waals surface area contributed by atoms with E-state index in [1.165, 1.54) is 0 Å². The lowest BCUT2D eigenvalue weighted by Gasteiger charge is -2.23. The van der Waals surface area contributed by atoms with Crippen LogP contribution in [0.4, 0.5) is 0 Å². The molecule has 1 amide bonds. The van der Waals surface area contributed by atoms with Gasteiger partial charge in [0.1, 0.15) is 0 Å². The topological polar surface area (TPSA) is 46.3 Å². The van der Waals surface area contributed by atoms with Crippen LogP contribution in [-0.2, 0) is 11.3 Å². The summed E-state index contributed by atoms with van der Waals surface area (Å²) in [5.74, 6) is -0.0628. The lowest BCUT2D eigenvalue weighted by molar-refractivity contribution is -0.134. The summed E-state index contributed by atoms with van der Waals surface area (Å²) in [5.41, 5.74) is 6.84. The molecule has 0 spiro atoms. The van der Waals surface area contributed by atoms with E-state index < -0.39 is 0 Å². The molecule has 94 valence electrons. The minimum absolute atomic E-state index is 0.0833. The first-order valence-corrected chi connectivity index (χ1v) is 6.46. The molecule has 0 saturated heterocycles.